The van der Waals surface area contributed by atoms with Crippen LogP contribution in [0.1, 0.15) is 109 Å². The first-order chi connectivity index (χ1) is 14.8. The fourth-order valence-electron chi connectivity index (χ4n) is 4.46. The van der Waals surface area contributed by atoms with Crippen LogP contribution in [0.5, 0.6) is 0 Å². The Kier molecular flexibility index (Phi) is 13.3. The molecule has 1 aromatic heterocycles. The lowest BCUT2D eigenvalue weighted by atomic mass is 10.1. The normalized spacial score (nSPS) is 11.3. The SMILES string of the molecule is CCCCCCCCCCCCCn1cc[n+](CCCc2ccccc2)c1CCC. The molecule has 1 heterocycles. The topological polar surface area (TPSA) is 8.81 Å². The van der Waals surface area contributed by atoms with E-state index in [-0.39, 0.29) is 0 Å². The van der Waals surface area contributed by atoms with Crippen LogP contribution in [0.4, 0.5) is 0 Å². The molecule has 0 aliphatic carbocycles. The first-order valence-electron chi connectivity index (χ1n) is 13.0. The summed E-state index contributed by atoms with van der Waals surface area (Å²) in [6, 6.07) is 10.9. The number of benzene rings is 1. The van der Waals surface area contributed by atoms with Crippen molar-refractivity contribution >= 4 is 0 Å². The Morgan fingerprint density at radius 3 is 1.93 bits per heavy atom. The number of aromatic nitrogens is 2. The van der Waals surface area contributed by atoms with Gasteiger partial charge in [-0.2, -0.15) is 0 Å². The van der Waals surface area contributed by atoms with Gasteiger partial charge >= 0.3 is 0 Å². The lowest BCUT2D eigenvalue weighted by Crippen LogP contribution is -2.37. The van der Waals surface area contributed by atoms with Crippen LogP contribution in [0.15, 0.2) is 42.7 Å². The highest BCUT2D eigenvalue weighted by Crippen LogP contribution is 2.12. The summed E-state index contributed by atoms with van der Waals surface area (Å²) in [6.45, 7) is 6.92. The lowest BCUT2D eigenvalue weighted by molar-refractivity contribution is -0.704. The molecule has 2 heteroatoms. The van der Waals surface area contributed by atoms with E-state index in [0.29, 0.717) is 0 Å². The van der Waals surface area contributed by atoms with E-state index >= 15 is 0 Å². The van der Waals surface area contributed by atoms with E-state index in [1.165, 1.54) is 114 Å². The second-order valence-corrected chi connectivity index (χ2v) is 8.98. The molecule has 1 aromatic carbocycles. The minimum absolute atomic E-state index is 1.13. The van der Waals surface area contributed by atoms with Gasteiger partial charge in [-0.3, -0.25) is 0 Å². The fourth-order valence-corrected chi connectivity index (χ4v) is 4.46. The summed E-state index contributed by atoms with van der Waals surface area (Å²) in [5.74, 6) is 1.53. The summed E-state index contributed by atoms with van der Waals surface area (Å²) in [5, 5.41) is 0. The largest absolute Gasteiger partial charge is 0.256 e. The van der Waals surface area contributed by atoms with Crippen LogP contribution in [-0.2, 0) is 25.9 Å². The Labute approximate surface area is 186 Å². The van der Waals surface area contributed by atoms with Gasteiger partial charge in [0.1, 0.15) is 12.4 Å². The summed E-state index contributed by atoms with van der Waals surface area (Å²) >= 11 is 0. The predicted octanol–water partition coefficient (Wildman–Crippen LogP) is 7.67. The highest BCUT2D eigenvalue weighted by molar-refractivity contribution is 5.14. The van der Waals surface area contributed by atoms with Crippen molar-refractivity contribution in [3.8, 4) is 0 Å². The molecule has 2 nitrogen and oxygen atoms in total. The standard InChI is InChI=1S/C28H47N2/c1-3-5-6-7-8-9-10-11-12-13-17-23-29-25-26-30(28(29)19-4-2)24-18-22-27-20-15-14-16-21-27/h14-16,20-21,25-26H,3-13,17-19,22-24H2,1-2H3/q+1. The number of hydrogen-bond acceptors (Lipinski definition) is 0. The van der Waals surface area contributed by atoms with Crippen molar-refractivity contribution in [2.24, 2.45) is 0 Å². The van der Waals surface area contributed by atoms with Gasteiger partial charge in [0.2, 0.25) is 0 Å². The van der Waals surface area contributed by atoms with Crippen LogP contribution >= 0.6 is 0 Å². The van der Waals surface area contributed by atoms with Crippen LogP contribution in [0, 0.1) is 0 Å². The van der Waals surface area contributed by atoms with Crippen LogP contribution in [0.3, 0.4) is 0 Å². The Balaban J connectivity index is 1.62. The first kappa shape index (κ1) is 24.7. The second kappa shape index (κ2) is 16.2. The van der Waals surface area contributed by atoms with Gasteiger partial charge in [0.15, 0.2) is 0 Å². The summed E-state index contributed by atoms with van der Waals surface area (Å²) in [6.07, 6.45) is 25.0. The summed E-state index contributed by atoms with van der Waals surface area (Å²) in [7, 11) is 0. The van der Waals surface area contributed by atoms with Gasteiger partial charge in [0.05, 0.1) is 13.1 Å². The van der Waals surface area contributed by atoms with Gasteiger partial charge in [-0.1, -0.05) is 102 Å². The van der Waals surface area contributed by atoms with Crippen molar-refractivity contribution in [2.45, 2.75) is 123 Å². The Morgan fingerprint density at radius 2 is 1.30 bits per heavy atom. The smallest absolute Gasteiger partial charge is 0.234 e. The van der Waals surface area contributed by atoms with Crippen molar-refractivity contribution in [3.63, 3.8) is 0 Å². The Hall–Kier alpha value is -1.57. The molecule has 0 saturated carbocycles. The van der Waals surface area contributed by atoms with E-state index in [9.17, 15) is 0 Å². The summed E-state index contributed by atoms with van der Waals surface area (Å²) in [4.78, 5) is 0. The van der Waals surface area contributed by atoms with Gasteiger partial charge in [0.25, 0.3) is 5.82 Å². The van der Waals surface area contributed by atoms with Crippen molar-refractivity contribution in [3.05, 3.63) is 54.1 Å². The molecule has 168 valence electrons. The molecule has 0 fully saturated rings. The van der Waals surface area contributed by atoms with Gasteiger partial charge < -0.3 is 0 Å². The average Bonchev–Trinajstić information content (AvgIpc) is 3.14. The van der Waals surface area contributed by atoms with E-state index in [1.807, 2.05) is 0 Å². The third kappa shape index (κ3) is 9.96. The number of aryl methyl sites for hydroxylation is 3. The van der Waals surface area contributed by atoms with Crippen molar-refractivity contribution in [1.82, 2.24) is 4.57 Å². The van der Waals surface area contributed by atoms with Gasteiger partial charge in [-0.15, -0.1) is 0 Å². The lowest BCUT2D eigenvalue weighted by Gasteiger charge is -2.06. The third-order valence-corrected chi connectivity index (χ3v) is 6.27. The highest BCUT2D eigenvalue weighted by Gasteiger charge is 2.15. The van der Waals surface area contributed by atoms with Gasteiger partial charge in [0, 0.05) is 6.42 Å². The Morgan fingerprint density at radius 1 is 0.667 bits per heavy atom. The molecule has 0 bridgehead atoms. The minimum atomic E-state index is 1.13. The zero-order valence-electron chi connectivity index (χ0n) is 20.0. The van der Waals surface area contributed by atoms with E-state index in [0.717, 1.165) is 6.54 Å². The molecule has 0 radical (unpaired) electrons. The van der Waals surface area contributed by atoms with E-state index in [2.05, 4.69) is 65.7 Å². The Bertz CT molecular complexity index is 644. The molecule has 30 heavy (non-hydrogen) atoms. The molecule has 0 atom stereocenters. The molecule has 0 spiro atoms. The van der Waals surface area contributed by atoms with Crippen LogP contribution in [-0.4, -0.2) is 4.57 Å². The maximum Gasteiger partial charge on any atom is 0.256 e. The molecule has 2 rings (SSSR count). The quantitative estimate of drug-likeness (QED) is 0.176. The first-order valence-corrected chi connectivity index (χ1v) is 13.0. The van der Waals surface area contributed by atoms with Crippen molar-refractivity contribution < 1.29 is 4.57 Å². The molecule has 0 unspecified atom stereocenters. The van der Waals surface area contributed by atoms with E-state index in [4.69, 9.17) is 0 Å². The molecule has 0 amide bonds. The fraction of sp³-hybridized carbons (Fsp3) is 0.679. The predicted molar refractivity (Wildman–Crippen MR) is 130 cm³/mol. The summed E-state index contributed by atoms with van der Waals surface area (Å²) < 4.78 is 5.03. The molecular weight excluding hydrogens is 364 g/mol. The average molecular weight is 412 g/mol. The second-order valence-electron chi connectivity index (χ2n) is 8.98. The zero-order valence-corrected chi connectivity index (χ0v) is 20.0. The monoisotopic (exact) mass is 411 g/mol. The zero-order chi connectivity index (χ0) is 21.3. The molecular formula is C28H47N2+. The number of rotatable bonds is 18. The summed E-state index contributed by atoms with van der Waals surface area (Å²) in [5.41, 5.74) is 1.45. The molecule has 0 aliphatic rings. The third-order valence-electron chi connectivity index (χ3n) is 6.27. The van der Waals surface area contributed by atoms with Gasteiger partial charge in [-0.25, -0.2) is 9.13 Å². The molecule has 0 saturated heterocycles. The van der Waals surface area contributed by atoms with Gasteiger partial charge in [-0.05, 0) is 37.7 Å². The number of imidazole rings is 1. The van der Waals surface area contributed by atoms with E-state index in [1.54, 1.807) is 0 Å². The highest BCUT2D eigenvalue weighted by atomic mass is 15.1. The van der Waals surface area contributed by atoms with Crippen LogP contribution in [0.25, 0.3) is 0 Å². The molecule has 2 aromatic rings. The number of hydrogen-bond donors (Lipinski definition) is 0. The number of nitrogens with zero attached hydrogens (tertiary/aromatic N) is 2. The maximum atomic E-state index is 2.53. The van der Waals surface area contributed by atoms with Crippen molar-refractivity contribution in [2.75, 3.05) is 0 Å². The minimum Gasteiger partial charge on any atom is -0.234 e. The van der Waals surface area contributed by atoms with Crippen molar-refractivity contribution in [1.29, 1.82) is 0 Å². The number of unbranched alkanes of at least 4 members (excludes halogenated alkanes) is 10. The molecule has 0 aliphatic heterocycles. The maximum absolute atomic E-state index is 2.53. The van der Waals surface area contributed by atoms with Crippen LogP contribution < -0.4 is 4.57 Å². The molecule has 0 N–H and O–H groups in total. The van der Waals surface area contributed by atoms with Crippen LogP contribution in [0.2, 0.25) is 0 Å². The van der Waals surface area contributed by atoms with E-state index < -0.39 is 0 Å².